The van der Waals surface area contributed by atoms with Gasteiger partial charge >= 0.3 is 5.97 Å². The van der Waals surface area contributed by atoms with E-state index >= 15 is 0 Å². The molecule has 2 aromatic rings. The Labute approximate surface area is 229 Å². The summed E-state index contributed by atoms with van der Waals surface area (Å²) < 4.78 is 27.9. The van der Waals surface area contributed by atoms with E-state index < -0.39 is 22.0 Å². The van der Waals surface area contributed by atoms with E-state index in [0.29, 0.717) is 22.9 Å². The number of aromatic carboxylic acids is 1. The van der Waals surface area contributed by atoms with Crippen molar-refractivity contribution in [2.75, 3.05) is 18.0 Å². The number of aromatic nitrogens is 1. The summed E-state index contributed by atoms with van der Waals surface area (Å²) >= 11 is 1.06. The lowest BCUT2D eigenvalue weighted by Crippen LogP contribution is -2.46. The van der Waals surface area contributed by atoms with Crippen molar-refractivity contribution in [3.63, 3.8) is 0 Å². The van der Waals surface area contributed by atoms with Crippen LogP contribution in [0.15, 0.2) is 35.5 Å². The van der Waals surface area contributed by atoms with Crippen LogP contribution in [0.5, 0.6) is 0 Å². The summed E-state index contributed by atoms with van der Waals surface area (Å²) in [5.41, 5.74) is 0.0454. The first-order chi connectivity index (χ1) is 17.9. The lowest BCUT2D eigenvalue weighted by atomic mass is 9.82. The van der Waals surface area contributed by atoms with Crippen LogP contribution in [0.2, 0.25) is 0 Å². The van der Waals surface area contributed by atoms with Crippen LogP contribution in [-0.2, 0) is 14.8 Å². The first-order valence-corrected chi connectivity index (χ1v) is 15.3. The van der Waals surface area contributed by atoms with Gasteiger partial charge in [0.1, 0.15) is 9.77 Å². The van der Waals surface area contributed by atoms with Crippen molar-refractivity contribution in [3.05, 3.63) is 40.3 Å². The molecule has 204 valence electrons. The number of carbonyl (C=O) groups is 2. The predicted octanol–water partition coefficient (Wildman–Crippen LogP) is 4.86. The Bertz CT molecular complexity index is 1340. The smallest absolute Gasteiger partial charge is 0.348 e. The number of sulfonamides is 1. The quantitative estimate of drug-likeness (QED) is 0.508. The van der Waals surface area contributed by atoms with Crippen molar-refractivity contribution in [1.29, 1.82) is 0 Å². The molecular formula is C28H35N3O5S2. The van der Waals surface area contributed by atoms with Crippen molar-refractivity contribution in [2.45, 2.75) is 70.7 Å². The van der Waals surface area contributed by atoms with E-state index in [0.717, 1.165) is 37.0 Å². The summed E-state index contributed by atoms with van der Waals surface area (Å²) in [5, 5.41) is 10.1. The van der Waals surface area contributed by atoms with E-state index in [9.17, 15) is 23.1 Å². The van der Waals surface area contributed by atoms with Crippen molar-refractivity contribution < 1.29 is 23.1 Å². The van der Waals surface area contributed by atoms with Crippen molar-refractivity contribution in [1.82, 2.24) is 9.29 Å². The second-order valence-electron chi connectivity index (χ2n) is 11.3. The Morgan fingerprint density at radius 3 is 2.50 bits per heavy atom. The van der Waals surface area contributed by atoms with Gasteiger partial charge in [0, 0.05) is 36.8 Å². The highest BCUT2D eigenvalue weighted by molar-refractivity contribution is 7.89. The number of carboxylic acid groups (broad SMARTS) is 1. The maximum absolute atomic E-state index is 14.0. The highest BCUT2D eigenvalue weighted by atomic mass is 32.2. The molecule has 4 rings (SSSR count). The lowest BCUT2D eigenvalue weighted by Gasteiger charge is -2.34. The maximum Gasteiger partial charge on any atom is 0.348 e. The molecule has 2 fully saturated rings. The number of amides is 1. The van der Waals surface area contributed by atoms with Gasteiger partial charge in [0.05, 0.1) is 16.6 Å². The Balaban J connectivity index is 1.72. The van der Waals surface area contributed by atoms with E-state index in [1.807, 2.05) is 20.8 Å². The molecule has 1 N–H and O–H groups in total. The summed E-state index contributed by atoms with van der Waals surface area (Å²) in [5.74, 6) is 5.30. The number of carboxylic acids is 1. The van der Waals surface area contributed by atoms with Crippen LogP contribution in [0.3, 0.4) is 0 Å². The second-order valence-corrected chi connectivity index (χ2v) is 14.3. The van der Waals surface area contributed by atoms with Crippen molar-refractivity contribution >= 4 is 38.9 Å². The monoisotopic (exact) mass is 557 g/mol. The highest BCUT2D eigenvalue weighted by Gasteiger charge is 2.41. The summed E-state index contributed by atoms with van der Waals surface area (Å²) in [4.78, 5) is 32.6. The van der Waals surface area contributed by atoms with Gasteiger partial charge in [0.2, 0.25) is 15.9 Å². The third kappa shape index (κ3) is 6.28. The summed E-state index contributed by atoms with van der Waals surface area (Å²) in [7, 11) is -3.79. The van der Waals surface area contributed by atoms with Gasteiger partial charge in [-0.3, -0.25) is 9.78 Å². The van der Waals surface area contributed by atoms with E-state index in [1.165, 1.54) is 22.8 Å². The van der Waals surface area contributed by atoms with Gasteiger partial charge in [-0.15, -0.1) is 11.3 Å². The fraction of sp³-hybridized carbons (Fsp3) is 0.536. The Kier molecular flexibility index (Phi) is 8.31. The molecule has 1 aliphatic heterocycles. The molecule has 0 radical (unpaired) electrons. The average molecular weight is 558 g/mol. The van der Waals surface area contributed by atoms with E-state index in [1.54, 1.807) is 17.0 Å². The van der Waals surface area contributed by atoms with Crippen LogP contribution in [0.1, 0.15) is 74.3 Å². The molecule has 10 heteroatoms. The number of hydrogen-bond donors (Lipinski definition) is 1. The number of thiophene rings is 1. The minimum atomic E-state index is -3.79. The fourth-order valence-electron chi connectivity index (χ4n) is 5.01. The van der Waals surface area contributed by atoms with Gasteiger partial charge in [-0.2, -0.15) is 4.31 Å². The van der Waals surface area contributed by atoms with Crippen LogP contribution in [0.4, 0.5) is 5.69 Å². The molecule has 3 heterocycles. The summed E-state index contributed by atoms with van der Waals surface area (Å²) in [6.07, 6.45) is 6.60. The molecule has 8 nitrogen and oxygen atoms in total. The van der Waals surface area contributed by atoms with Crippen LogP contribution in [-0.4, -0.2) is 53.8 Å². The molecule has 0 spiro atoms. The molecule has 2 aliphatic rings. The third-order valence-electron chi connectivity index (χ3n) is 7.09. The molecular weight excluding hydrogens is 522 g/mol. The lowest BCUT2D eigenvalue weighted by molar-refractivity contribution is -0.124. The minimum absolute atomic E-state index is 0.0503. The van der Waals surface area contributed by atoms with Crippen LogP contribution < -0.4 is 4.90 Å². The normalized spacial score (nSPS) is 22.5. The van der Waals surface area contributed by atoms with Gasteiger partial charge in [-0.05, 0) is 77.0 Å². The van der Waals surface area contributed by atoms with Gasteiger partial charge < -0.3 is 10.0 Å². The van der Waals surface area contributed by atoms with E-state index in [-0.39, 0.29) is 40.1 Å². The Morgan fingerprint density at radius 2 is 1.89 bits per heavy atom. The molecule has 1 saturated heterocycles. The maximum atomic E-state index is 14.0. The van der Waals surface area contributed by atoms with E-state index in [2.05, 4.69) is 23.7 Å². The molecule has 1 aliphatic carbocycles. The number of nitrogens with zero attached hydrogens (tertiary/aromatic N) is 3. The topological polar surface area (TPSA) is 108 Å². The van der Waals surface area contributed by atoms with Gasteiger partial charge in [-0.1, -0.05) is 18.8 Å². The molecule has 2 aromatic heterocycles. The molecule has 1 atom stereocenters. The summed E-state index contributed by atoms with van der Waals surface area (Å²) in [6, 6.07) is 4.28. The zero-order valence-corrected chi connectivity index (χ0v) is 23.9. The molecule has 0 aromatic carbocycles. The largest absolute Gasteiger partial charge is 0.477 e. The SMILES string of the molecule is CC1CCC(C(=O)N(c2cc(C#CC(C)(C)C)sc2C(=O)O)[C@H]2CCN(S(=O)(=O)c3cccnc3)C2)CC1. The van der Waals surface area contributed by atoms with Gasteiger partial charge in [-0.25, -0.2) is 13.2 Å². The number of anilines is 1. The molecule has 1 saturated carbocycles. The molecule has 0 unspecified atom stereocenters. The van der Waals surface area contributed by atoms with Crippen molar-refractivity contribution in [3.8, 4) is 11.8 Å². The van der Waals surface area contributed by atoms with Gasteiger partial charge in [0.25, 0.3) is 0 Å². The molecule has 38 heavy (non-hydrogen) atoms. The standard InChI is InChI=1S/C28H35N3O5S2/c1-19-7-9-20(10-8-19)26(32)31(24-16-22(11-13-28(2,3)4)37-25(24)27(33)34)21-12-15-30(18-21)38(35,36)23-6-5-14-29-17-23/h5-6,14,16-17,19-21H,7-10,12,15,18H2,1-4H3,(H,33,34)/t19?,20?,21-/m0/s1. The first-order valence-electron chi connectivity index (χ1n) is 13.0. The van der Waals surface area contributed by atoms with Crippen molar-refractivity contribution in [2.24, 2.45) is 17.3 Å². The molecule has 0 bridgehead atoms. The van der Waals surface area contributed by atoms with Crippen LogP contribution >= 0.6 is 11.3 Å². The number of hydrogen-bond acceptors (Lipinski definition) is 6. The average Bonchev–Trinajstić information content (AvgIpc) is 3.52. The second kappa shape index (κ2) is 11.2. The molecule has 1 amide bonds. The fourth-order valence-corrected chi connectivity index (χ4v) is 7.31. The zero-order valence-electron chi connectivity index (χ0n) is 22.3. The zero-order chi connectivity index (χ0) is 27.7. The van der Waals surface area contributed by atoms with E-state index in [4.69, 9.17) is 0 Å². The number of rotatable bonds is 6. The van der Waals surface area contributed by atoms with Gasteiger partial charge in [0.15, 0.2) is 0 Å². The first kappa shape index (κ1) is 28.3. The van der Waals surface area contributed by atoms with Crippen LogP contribution in [0, 0.1) is 29.1 Å². The predicted molar refractivity (Wildman–Crippen MR) is 148 cm³/mol. The summed E-state index contributed by atoms with van der Waals surface area (Å²) in [6.45, 7) is 8.42. The number of pyridine rings is 1. The Morgan fingerprint density at radius 1 is 1.18 bits per heavy atom. The third-order valence-corrected chi connectivity index (χ3v) is 9.97. The van der Waals surface area contributed by atoms with Crippen LogP contribution in [0.25, 0.3) is 0 Å². The Hall–Kier alpha value is -2.74. The highest BCUT2D eigenvalue weighted by Crippen LogP contribution is 2.38. The minimum Gasteiger partial charge on any atom is -0.477 e. The number of carbonyl (C=O) groups excluding carboxylic acids is 1.